The van der Waals surface area contributed by atoms with Crippen LogP contribution in [0.3, 0.4) is 0 Å². The van der Waals surface area contributed by atoms with E-state index in [1.165, 1.54) is 15.5 Å². The summed E-state index contributed by atoms with van der Waals surface area (Å²) < 4.78 is 2.12. The zero-order chi connectivity index (χ0) is 12.7. The van der Waals surface area contributed by atoms with E-state index >= 15 is 0 Å². The number of fused-ring (bicyclic) bond motifs is 3. The summed E-state index contributed by atoms with van der Waals surface area (Å²) in [4.78, 5) is 22.7. The molecular weight excluding hydrogens is 250 g/mol. The lowest BCUT2D eigenvalue weighted by Gasteiger charge is -1.96. The first-order chi connectivity index (χ1) is 8.66. The molecule has 0 aliphatic carbocycles. The van der Waals surface area contributed by atoms with Gasteiger partial charge in [0.2, 0.25) is 0 Å². The van der Waals surface area contributed by atoms with E-state index in [-0.39, 0.29) is 12.1 Å². The van der Waals surface area contributed by atoms with E-state index in [9.17, 15) is 9.59 Å². The van der Waals surface area contributed by atoms with Crippen LogP contribution in [0.5, 0.6) is 0 Å². The average molecular weight is 259 g/mol. The highest BCUT2D eigenvalue weighted by Crippen LogP contribution is 2.26. The molecule has 1 heterocycles. The average Bonchev–Trinajstić information content (AvgIpc) is 2.66. The van der Waals surface area contributed by atoms with E-state index in [1.807, 2.05) is 30.3 Å². The largest absolute Gasteiger partial charge is 0.480 e. The number of nitrogens with zero attached hydrogens (tertiary/aromatic N) is 1. The summed E-state index contributed by atoms with van der Waals surface area (Å²) in [5.41, 5.74) is -0.233. The van der Waals surface area contributed by atoms with Crippen molar-refractivity contribution in [2.75, 3.05) is 0 Å². The van der Waals surface area contributed by atoms with Gasteiger partial charge in [0.25, 0.3) is 5.56 Å². The molecule has 0 fully saturated rings. The third-order valence-corrected chi connectivity index (χ3v) is 3.95. The molecule has 90 valence electrons. The first-order valence-electron chi connectivity index (χ1n) is 5.40. The maximum absolute atomic E-state index is 12.0. The number of hydrogen-bond donors (Lipinski definition) is 1. The molecule has 0 aliphatic heterocycles. The van der Waals surface area contributed by atoms with Crippen LogP contribution in [0, 0.1) is 0 Å². The molecule has 3 aromatic rings. The Balaban J connectivity index is 2.38. The minimum Gasteiger partial charge on any atom is -0.480 e. The Morgan fingerprint density at radius 3 is 2.72 bits per heavy atom. The van der Waals surface area contributed by atoms with Gasteiger partial charge in [-0.15, -0.1) is 0 Å². The molecule has 4 nitrogen and oxygen atoms in total. The van der Waals surface area contributed by atoms with Crippen molar-refractivity contribution in [1.82, 2.24) is 3.96 Å². The Labute approximate surface area is 106 Å². The van der Waals surface area contributed by atoms with E-state index in [1.54, 1.807) is 6.07 Å². The Morgan fingerprint density at radius 1 is 1.17 bits per heavy atom. The maximum Gasteiger partial charge on any atom is 0.324 e. The minimum absolute atomic E-state index is 0.233. The molecule has 0 saturated carbocycles. The fourth-order valence-corrected chi connectivity index (χ4v) is 3.14. The Morgan fingerprint density at radius 2 is 1.94 bits per heavy atom. The molecule has 1 N–H and O–H groups in total. The van der Waals surface area contributed by atoms with Crippen molar-refractivity contribution in [2.45, 2.75) is 6.54 Å². The smallest absolute Gasteiger partial charge is 0.324 e. The predicted octanol–water partition coefficient (Wildman–Crippen LogP) is 2.30. The zero-order valence-corrected chi connectivity index (χ0v) is 10.1. The molecule has 0 aliphatic rings. The topological polar surface area (TPSA) is 59.3 Å². The molecule has 0 radical (unpaired) electrons. The second-order valence-corrected chi connectivity index (χ2v) is 5.02. The van der Waals surface area contributed by atoms with Crippen LogP contribution in [-0.4, -0.2) is 15.0 Å². The van der Waals surface area contributed by atoms with Gasteiger partial charge < -0.3 is 5.11 Å². The molecular formula is C13H9NO3S. The van der Waals surface area contributed by atoms with E-state index in [2.05, 4.69) is 0 Å². The van der Waals surface area contributed by atoms with Gasteiger partial charge in [0.05, 0.1) is 10.1 Å². The van der Waals surface area contributed by atoms with Crippen LogP contribution in [0.1, 0.15) is 0 Å². The van der Waals surface area contributed by atoms with Gasteiger partial charge >= 0.3 is 5.97 Å². The molecule has 2 aromatic carbocycles. The minimum atomic E-state index is -1.01. The molecule has 3 rings (SSSR count). The summed E-state index contributed by atoms with van der Waals surface area (Å²) >= 11 is 1.21. The van der Waals surface area contributed by atoms with Crippen molar-refractivity contribution in [1.29, 1.82) is 0 Å². The molecule has 0 spiro atoms. The highest BCUT2D eigenvalue weighted by Gasteiger charge is 2.12. The van der Waals surface area contributed by atoms with Crippen LogP contribution >= 0.6 is 11.5 Å². The van der Waals surface area contributed by atoms with E-state index in [0.29, 0.717) is 5.39 Å². The zero-order valence-electron chi connectivity index (χ0n) is 9.29. The molecule has 0 unspecified atom stereocenters. The van der Waals surface area contributed by atoms with Crippen molar-refractivity contribution in [3.63, 3.8) is 0 Å². The number of hydrogen-bond acceptors (Lipinski definition) is 3. The van der Waals surface area contributed by atoms with Crippen LogP contribution in [0.15, 0.2) is 41.2 Å². The number of aromatic nitrogens is 1. The van der Waals surface area contributed by atoms with Gasteiger partial charge in [0.1, 0.15) is 6.54 Å². The fraction of sp³-hybridized carbons (Fsp3) is 0.0769. The number of carbonyl (C=O) groups is 1. The van der Waals surface area contributed by atoms with Crippen molar-refractivity contribution in [2.24, 2.45) is 0 Å². The number of rotatable bonds is 2. The molecule has 0 bridgehead atoms. The van der Waals surface area contributed by atoms with Crippen molar-refractivity contribution < 1.29 is 9.90 Å². The number of benzene rings is 2. The summed E-state index contributed by atoms with van der Waals surface area (Å²) in [7, 11) is 0. The first kappa shape index (κ1) is 11.0. The molecule has 18 heavy (non-hydrogen) atoms. The number of aliphatic carboxylic acids is 1. The second-order valence-electron chi connectivity index (χ2n) is 3.99. The maximum atomic E-state index is 12.0. The van der Waals surface area contributed by atoms with Crippen LogP contribution in [0.4, 0.5) is 0 Å². The van der Waals surface area contributed by atoms with Crippen molar-refractivity contribution >= 4 is 38.4 Å². The summed E-state index contributed by atoms with van der Waals surface area (Å²) in [6.07, 6.45) is 0. The van der Waals surface area contributed by atoms with E-state index < -0.39 is 5.97 Å². The highest BCUT2D eigenvalue weighted by atomic mass is 32.1. The van der Waals surface area contributed by atoms with E-state index in [4.69, 9.17) is 5.11 Å². The van der Waals surface area contributed by atoms with Gasteiger partial charge in [0.15, 0.2) is 0 Å². The van der Waals surface area contributed by atoms with Crippen molar-refractivity contribution in [3.8, 4) is 0 Å². The SMILES string of the molecule is O=C(O)Cn1sc2c(ccc3ccccc32)c1=O. The third kappa shape index (κ3) is 1.60. The molecule has 0 amide bonds. The van der Waals surface area contributed by atoms with Crippen molar-refractivity contribution in [3.05, 3.63) is 46.8 Å². The number of carboxylic acid groups (broad SMARTS) is 1. The lowest BCUT2D eigenvalue weighted by atomic mass is 10.1. The first-order valence-corrected chi connectivity index (χ1v) is 6.17. The van der Waals surface area contributed by atoms with Gasteiger partial charge in [-0.1, -0.05) is 41.9 Å². The monoisotopic (exact) mass is 259 g/mol. The molecule has 5 heteroatoms. The van der Waals surface area contributed by atoms with Gasteiger partial charge in [-0.05, 0) is 11.5 Å². The van der Waals surface area contributed by atoms with Gasteiger partial charge in [-0.2, -0.15) is 0 Å². The molecule has 1 aromatic heterocycles. The Hall–Kier alpha value is -2.14. The fourth-order valence-electron chi connectivity index (χ4n) is 2.02. The molecule has 0 saturated heterocycles. The summed E-state index contributed by atoms with van der Waals surface area (Å²) in [6.45, 7) is -0.285. The summed E-state index contributed by atoms with van der Waals surface area (Å²) in [5.74, 6) is -1.01. The second kappa shape index (κ2) is 3.96. The third-order valence-electron chi connectivity index (χ3n) is 2.82. The Bertz CT molecular complexity index is 816. The quantitative estimate of drug-likeness (QED) is 0.768. The van der Waals surface area contributed by atoms with Crippen LogP contribution in [-0.2, 0) is 11.3 Å². The van der Waals surface area contributed by atoms with Gasteiger partial charge in [0, 0.05) is 5.39 Å². The highest BCUT2D eigenvalue weighted by molar-refractivity contribution is 7.15. The summed E-state index contributed by atoms with van der Waals surface area (Å²) in [5, 5.41) is 11.4. The van der Waals surface area contributed by atoms with Crippen LogP contribution in [0.2, 0.25) is 0 Å². The van der Waals surface area contributed by atoms with Gasteiger partial charge in [-0.25, -0.2) is 0 Å². The van der Waals surface area contributed by atoms with Crippen LogP contribution < -0.4 is 5.56 Å². The Kier molecular flexibility index (Phi) is 2.41. The standard InChI is InChI=1S/C13H9NO3S/c15-11(16)7-14-13(17)10-6-5-8-3-1-2-4-9(8)12(10)18-14/h1-6H,7H2,(H,15,16). The number of carboxylic acids is 1. The van der Waals surface area contributed by atoms with E-state index in [0.717, 1.165) is 15.5 Å². The lowest BCUT2D eigenvalue weighted by molar-refractivity contribution is -0.137. The van der Waals surface area contributed by atoms with Gasteiger partial charge in [-0.3, -0.25) is 13.5 Å². The summed E-state index contributed by atoms with van der Waals surface area (Å²) in [6, 6.07) is 11.4. The molecule has 0 atom stereocenters. The lowest BCUT2D eigenvalue weighted by Crippen LogP contribution is -2.18. The predicted molar refractivity (Wildman–Crippen MR) is 71.2 cm³/mol. The van der Waals surface area contributed by atoms with Crippen LogP contribution in [0.25, 0.3) is 20.9 Å². The normalized spacial score (nSPS) is 11.1.